The van der Waals surface area contributed by atoms with Crippen LogP contribution in [-0.2, 0) is 4.79 Å². The Kier molecular flexibility index (Phi) is 3.78. The van der Waals surface area contributed by atoms with E-state index in [9.17, 15) is 4.79 Å². The summed E-state index contributed by atoms with van der Waals surface area (Å²) in [6.07, 6.45) is 4.08. The van der Waals surface area contributed by atoms with E-state index in [-0.39, 0.29) is 24.6 Å². The number of carbonyl (C=O) groups is 1. The van der Waals surface area contributed by atoms with Crippen LogP contribution in [0.1, 0.15) is 25.7 Å². The van der Waals surface area contributed by atoms with Crippen LogP contribution >= 0.6 is 0 Å². The Balaban J connectivity index is 1.98. The zero-order valence-electron chi connectivity index (χ0n) is 9.56. The van der Waals surface area contributed by atoms with E-state index in [1.807, 2.05) is 0 Å². The molecule has 1 amide bonds. The summed E-state index contributed by atoms with van der Waals surface area (Å²) in [7, 11) is 0. The average Bonchev–Trinajstić information content (AvgIpc) is 3.10. The maximum absolute atomic E-state index is 11.9. The summed E-state index contributed by atoms with van der Waals surface area (Å²) in [5, 5.41) is 12.0. The zero-order valence-corrected chi connectivity index (χ0v) is 9.56. The quantitative estimate of drug-likeness (QED) is 0.566. The fourth-order valence-electron chi connectivity index (χ4n) is 2.40. The van der Waals surface area contributed by atoms with Gasteiger partial charge in [0.05, 0.1) is 18.7 Å². The van der Waals surface area contributed by atoms with E-state index in [0.29, 0.717) is 12.6 Å². The van der Waals surface area contributed by atoms with Crippen LogP contribution in [0.4, 0.5) is 0 Å². The highest BCUT2D eigenvalue weighted by atomic mass is 16.3. The summed E-state index contributed by atoms with van der Waals surface area (Å²) >= 11 is 0. The van der Waals surface area contributed by atoms with E-state index in [1.54, 1.807) is 0 Å². The molecule has 2 aliphatic rings. The molecule has 0 unspecified atom stereocenters. The van der Waals surface area contributed by atoms with Gasteiger partial charge in [-0.2, -0.15) is 0 Å². The number of nitrogens with two attached hydrogens (primary N) is 1. The molecular weight excluding hydrogens is 206 g/mol. The van der Waals surface area contributed by atoms with Crippen molar-refractivity contribution in [1.29, 1.82) is 0 Å². The smallest absolute Gasteiger partial charge is 0.237 e. The average molecular weight is 227 g/mol. The second-order valence-electron chi connectivity index (χ2n) is 4.76. The molecule has 16 heavy (non-hydrogen) atoms. The molecule has 5 nitrogen and oxygen atoms in total. The third-order valence-corrected chi connectivity index (χ3v) is 3.40. The molecule has 0 spiro atoms. The second kappa shape index (κ2) is 5.12. The Hall–Kier alpha value is -0.650. The van der Waals surface area contributed by atoms with E-state index >= 15 is 0 Å². The van der Waals surface area contributed by atoms with Crippen LogP contribution in [-0.4, -0.2) is 53.7 Å². The third-order valence-electron chi connectivity index (χ3n) is 3.40. The molecule has 1 aliphatic carbocycles. The minimum atomic E-state index is -0.0952. The maximum atomic E-state index is 11.9. The molecule has 0 aromatic rings. The highest BCUT2D eigenvalue weighted by Gasteiger charge is 2.41. The maximum Gasteiger partial charge on any atom is 0.237 e. The van der Waals surface area contributed by atoms with Crippen LogP contribution in [0.2, 0.25) is 0 Å². The first-order chi connectivity index (χ1) is 7.76. The summed E-state index contributed by atoms with van der Waals surface area (Å²) in [4.78, 5) is 14.2. The molecule has 4 N–H and O–H groups in total. The molecule has 92 valence electrons. The predicted molar refractivity (Wildman–Crippen MR) is 60.8 cm³/mol. The van der Waals surface area contributed by atoms with Crippen molar-refractivity contribution in [1.82, 2.24) is 10.2 Å². The fourth-order valence-corrected chi connectivity index (χ4v) is 2.40. The van der Waals surface area contributed by atoms with E-state index in [2.05, 4.69) is 10.2 Å². The Morgan fingerprint density at radius 2 is 2.25 bits per heavy atom. The van der Waals surface area contributed by atoms with Crippen LogP contribution in [0, 0.1) is 0 Å². The van der Waals surface area contributed by atoms with Gasteiger partial charge in [0.25, 0.3) is 0 Å². The van der Waals surface area contributed by atoms with Crippen molar-refractivity contribution >= 4 is 5.91 Å². The van der Waals surface area contributed by atoms with Gasteiger partial charge >= 0.3 is 0 Å². The summed E-state index contributed by atoms with van der Waals surface area (Å²) in [5.74, 6) is 0.0608. The van der Waals surface area contributed by atoms with Crippen molar-refractivity contribution in [3.05, 3.63) is 0 Å². The van der Waals surface area contributed by atoms with Crippen molar-refractivity contribution in [2.75, 3.05) is 19.7 Å². The minimum absolute atomic E-state index is 0.0264. The number of aliphatic hydroxyl groups is 1. The van der Waals surface area contributed by atoms with Crippen molar-refractivity contribution in [3.8, 4) is 0 Å². The van der Waals surface area contributed by atoms with Crippen molar-refractivity contribution < 1.29 is 9.90 Å². The molecule has 1 aliphatic heterocycles. The number of hydrogen-bond acceptors (Lipinski definition) is 4. The minimum Gasteiger partial charge on any atom is -0.394 e. The van der Waals surface area contributed by atoms with Crippen LogP contribution in [0.25, 0.3) is 0 Å². The lowest BCUT2D eigenvalue weighted by Crippen LogP contribution is -2.61. The van der Waals surface area contributed by atoms with E-state index < -0.39 is 0 Å². The first-order valence-corrected chi connectivity index (χ1v) is 6.13. The number of rotatable bonds is 5. The van der Waals surface area contributed by atoms with Gasteiger partial charge < -0.3 is 16.2 Å². The molecule has 1 saturated carbocycles. The number of nitrogens with one attached hydrogen (secondary N) is 1. The van der Waals surface area contributed by atoms with Crippen LogP contribution in [0.15, 0.2) is 0 Å². The molecule has 2 rings (SSSR count). The van der Waals surface area contributed by atoms with E-state index in [4.69, 9.17) is 10.8 Å². The summed E-state index contributed by atoms with van der Waals surface area (Å²) in [6.45, 7) is 1.44. The second-order valence-corrected chi connectivity index (χ2v) is 4.76. The number of amides is 1. The Morgan fingerprint density at radius 1 is 1.50 bits per heavy atom. The molecule has 2 fully saturated rings. The first-order valence-electron chi connectivity index (χ1n) is 6.13. The normalized spacial score (nSPS) is 31.5. The van der Waals surface area contributed by atoms with Crippen LogP contribution in [0.3, 0.4) is 0 Å². The lowest BCUT2D eigenvalue weighted by Gasteiger charge is -2.39. The number of hydrogen-bond donors (Lipinski definition) is 3. The van der Waals surface area contributed by atoms with Gasteiger partial charge in [-0.25, -0.2) is 0 Å². The predicted octanol–water partition coefficient (Wildman–Crippen LogP) is -0.951. The summed E-state index contributed by atoms with van der Waals surface area (Å²) in [5.41, 5.74) is 5.49. The molecule has 1 heterocycles. The first kappa shape index (κ1) is 11.8. The van der Waals surface area contributed by atoms with Crippen molar-refractivity contribution in [2.45, 2.75) is 43.8 Å². The standard InChI is InChI=1S/C11H21N3O2/c12-5-1-2-10-11(16)13-8(7-15)6-14(10)9-3-4-9/h8-10,15H,1-7,12H2,(H,13,16)/t8-,10+/m1/s1. The lowest BCUT2D eigenvalue weighted by molar-refractivity contribution is -0.132. The highest BCUT2D eigenvalue weighted by Crippen LogP contribution is 2.31. The van der Waals surface area contributed by atoms with Gasteiger partial charge in [-0.15, -0.1) is 0 Å². The molecule has 0 aromatic carbocycles. The van der Waals surface area contributed by atoms with Gasteiger partial charge in [0.15, 0.2) is 0 Å². The Morgan fingerprint density at radius 3 is 2.81 bits per heavy atom. The van der Waals surface area contributed by atoms with E-state index in [1.165, 1.54) is 12.8 Å². The van der Waals surface area contributed by atoms with Gasteiger partial charge in [-0.3, -0.25) is 9.69 Å². The van der Waals surface area contributed by atoms with Crippen molar-refractivity contribution in [3.63, 3.8) is 0 Å². The fraction of sp³-hybridized carbons (Fsp3) is 0.909. The number of carbonyl (C=O) groups excluding carboxylic acids is 1. The van der Waals surface area contributed by atoms with Gasteiger partial charge in [0.2, 0.25) is 5.91 Å². The molecule has 2 atom stereocenters. The molecular formula is C11H21N3O2. The Bertz CT molecular complexity index is 256. The topological polar surface area (TPSA) is 78.6 Å². The monoisotopic (exact) mass is 227 g/mol. The van der Waals surface area contributed by atoms with Crippen molar-refractivity contribution in [2.24, 2.45) is 5.73 Å². The molecule has 5 heteroatoms. The van der Waals surface area contributed by atoms with Crippen LogP contribution in [0.5, 0.6) is 0 Å². The number of aliphatic hydroxyl groups excluding tert-OH is 1. The van der Waals surface area contributed by atoms with Gasteiger partial charge in [0, 0.05) is 12.6 Å². The molecule has 0 aromatic heterocycles. The summed E-state index contributed by atoms with van der Waals surface area (Å²) < 4.78 is 0. The highest BCUT2D eigenvalue weighted by molar-refractivity contribution is 5.83. The summed E-state index contributed by atoms with van der Waals surface area (Å²) in [6, 6.07) is 0.434. The number of piperazine rings is 1. The largest absolute Gasteiger partial charge is 0.394 e. The van der Waals surface area contributed by atoms with Crippen LogP contribution < -0.4 is 11.1 Å². The molecule has 1 saturated heterocycles. The van der Waals surface area contributed by atoms with E-state index in [0.717, 1.165) is 19.4 Å². The number of nitrogens with zero attached hydrogens (tertiary/aromatic N) is 1. The Labute approximate surface area is 96.0 Å². The van der Waals surface area contributed by atoms with Gasteiger partial charge in [0.1, 0.15) is 0 Å². The molecule has 0 radical (unpaired) electrons. The molecule has 0 bridgehead atoms. The SMILES string of the molecule is NCCC[C@H]1C(=O)N[C@@H](CO)CN1C1CC1. The van der Waals surface area contributed by atoms with Gasteiger partial charge in [-0.1, -0.05) is 0 Å². The lowest BCUT2D eigenvalue weighted by atomic mass is 10.0. The zero-order chi connectivity index (χ0) is 11.5. The third kappa shape index (κ3) is 2.53. The van der Waals surface area contributed by atoms with Gasteiger partial charge in [-0.05, 0) is 32.2 Å².